The van der Waals surface area contributed by atoms with Gasteiger partial charge < -0.3 is 14.8 Å². The minimum atomic E-state index is -4.53. The number of rotatable bonds is 7. The molecule has 1 N–H and O–H groups in total. The smallest absolute Gasteiger partial charge is 0.418 e. The summed E-state index contributed by atoms with van der Waals surface area (Å²) in [5.74, 6) is 0.319. The van der Waals surface area contributed by atoms with E-state index in [1.807, 2.05) is 18.2 Å². The van der Waals surface area contributed by atoms with E-state index in [-0.39, 0.29) is 34.8 Å². The molecule has 3 aromatic rings. The number of hydrogen-bond acceptors (Lipinski definition) is 5. The molecule has 214 valence electrons. The molecule has 1 aliphatic heterocycles. The van der Waals surface area contributed by atoms with Crippen LogP contribution in [0.5, 0.6) is 5.75 Å². The lowest BCUT2D eigenvalue weighted by molar-refractivity contribution is -0.137. The summed E-state index contributed by atoms with van der Waals surface area (Å²) < 4.78 is 52.2. The number of nitrogens with zero attached hydrogens (tertiary/aromatic N) is 2. The van der Waals surface area contributed by atoms with Crippen LogP contribution in [0.2, 0.25) is 0 Å². The molecule has 2 aromatic carbocycles. The Hall–Kier alpha value is -3.43. The van der Waals surface area contributed by atoms with Crippen molar-refractivity contribution < 1.29 is 27.4 Å². The topological polar surface area (TPSA) is 63.7 Å². The van der Waals surface area contributed by atoms with Crippen LogP contribution in [0.4, 0.5) is 18.9 Å². The van der Waals surface area contributed by atoms with Crippen molar-refractivity contribution in [2.75, 3.05) is 31.6 Å². The monoisotopic (exact) mass is 555 g/mol. The molecule has 2 unspecified atom stereocenters. The second kappa shape index (κ2) is 12.0. The molecular weight excluding hydrogens is 519 g/mol. The third-order valence-corrected chi connectivity index (χ3v) is 6.74. The van der Waals surface area contributed by atoms with Crippen LogP contribution in [0.25, 0.3) is 11.3 Å². The normalized spacial score (nSPS) is 18.4. The van der Waals surface area contributed by atoms with Crippen molar-refractivity contribution in [3.8, 4) is 17.0 Å². The highest BCUT2D eigenvalue weighted by Gasteiger charge is 2.34. The van der Waals surface area contributed by atoms with Gasteiger partial charge in [-0.05, 0) is 55.2 Å². The van der Waals surface area contributed by atoms with Crippen LogP contribution in [0.3, 0.4) is 0 Å². The Kier molecular flexibility index (Phi) is 8.85. The first-order chi connectivity index (χ1) is 18.8. The molecule has 1 amide bonds. The van der Waals surface area contributed by atoms with Gasteiger partial charge in [0.25, 0.3) is 5.91 Å². The average Bonchev–Trinajstić information content (AvgIpc) is 2.87. The Bertz CT molecular complexity index is 1310. The molecule has 0 spiro atoms. The number of morpholine rings is 1. The second-order valence-electron chi connectivity index (χ2n) is 11.3. The number of ether oxygens (including phenoxy) is 2. The summed E-state index contributed by atoms with van der Waals surface area (Å²) in [7, 11) is 0. The van der Waals surface area contributed by atoms with Crippen LogP contribution in [0, 0.1) is 0 Å². The predicted molar refractivity (Wildman–Crippen MR) is 150 cm³/mol. The van der Waals surface area contributed by atoms with Gasteiger partial charge in [-0.3, -0.25) is 14.7 Å². The van der Waals surface area contributed by atoms with Gasteiger partial charge in [-0.25, -0.2) is 0 Å². The van der Waals surface area contributed by atoms with Crippen molar-refractivity contribution in [2.45, 2.75) is 58.4 Å². The summed E-state index contributed by atoms with van der Waals surface area (Å²) in [5.41, 5.74) is 1.00. The molecule has 2 atom stereocenters. The molecule has 40 heavy (non-hydrogen) atoms. The number of aromatic nitrogens is 1. The Labute approximate surface area is 233 Å². The van der Waals surface area contributed by atoms with Crippen molar-refractivity contribution in [3.63, 3.8) is 0 Å². The molecule has 4 rings (SSSR count). The van der Waals surface area contributed by atoms with E-state index in [0.29, 0.717) is 23.6 Å². The van der Waals surface area contributed by atoms with Crippen LogP contribution in [0.1, 0.15) is 56.1 Å². The number of carbonyl (C=O) groups is 1. The van der Waals surface area contributed by atoms with E-state index in [9.17, 15) is 18.0 Å². The number of pyridine rings is 1. The lowest BCUT2D eigenvalue weighted by atomic mass is 9.86. The maximum atomic E-state index is 13.4. The third kappa shape index (κ3) is 7.40. The molecule has 0 radical (unpaired) electrons. The van der Waals surface area contributed by atoms with Crippen molar-refractivity contribution in [2.24, 2.45) is 0 Å². The minimum Gasteiger partial charge on any atom is -0.492 e. The van der Waals surface area contributed by atoms with Crippen molar-refractivity contribution in [1.82, 2.24) is 9.88 Å². The fourth-order valence-corrected chi connectivity index (χ4v) is 4.94. The van der Waals surface area contributed by atoms with Gasteiger partial charge in [0, 0.05) is 48.7 Å². The number of benzene rings is 2. The van der Waals surface area contributed by atoms with Crippen LogP contribution in [0.15, 0.2) is 60.8 Å². The maximum Gasteiger partial charge on any atom is 0.418 e. The van der Waals surface area contributed by atoms with Gasteiger partial charge in [0.2, 0.25) is 0 Å². The Balaban J connectivity index is 1.46. The van der Waals surface area contributed by atoms with Crippen molar-refractivity contribution >= 4 is 11.6 Å². The van der Waals surface area contributed by atoms with E-state index in [1.54, 1.807) is 0 Å². The SMILES string of the molecule is CC1CN(CCOc2cc(NC(=O)c3ccc(-c4ncccc4C(F)(F)F)cc3)ccc2C(C)(C)C)CC(C)O1. The van der Waals surface area contributed by atoms with Gasteiger partial charge in [-0.1, -0.05) is 39.0 Å². The highest BCUT2D eigenvalue weighted by Crippen LogP contribution is 2.36. The zero-order chi connectivity index (χ0) is 29.1. The highest BCUT2D eigenvalue weighted by atomic mass is 19.4. The van der Waals surface area contributed by atoms with Crippen LogP contribution in [-0.2, 0) is 16.3 Å². The lowest BCUT2D eigenvalue weighted by Gasteiger charge is -2.35. The second-order valence-corrected chi connectivity index (χ2v) is 11.3. The molecule has 0 bridgehead atoms. The van der Waals surface area contributed by atoms with E-state index in [0.717, 1.165) is 31.3 Å². The molecule has 0 saturated carbocycles. The van der Waals surface area contributed by atoms with Crippen molar-refractivity contribution in [3.05, 3.63) is 77.5 Å². The van der Waals surface area contributed by atoms with Crippen molar-refractivity contribution in [1.29, 1.82) is 0 Å². The molecular formula is C31H36F3N3O3. The molecule has 6 nitrogen and oxygen atoms in total. The molecule has 1 aliphatic rings. The standard InChI is InChI=1S/C31H36F3N3O3/c1-20-18-37(19-21(2)40-20)15-16-39-27-17-24(12-13-25(27)30(3,4)5)36-29(38)23-10-8-22(9-11-23)28-26(31(32,33)34)7-6-14-35-28/h6-14,17,20-21H,15-16,18-19H2,1-5H3,(H,36,38). The zero-order valence-electron chi connectivity index (χ0n) is 23.5. The Morgan fingerprint density at radius 1 is 1.02 bits per heavy atom. The number of hydrogen-bond donors (Lipinski definition) is 1. The Morgan fingerprint density at radius 3 is 2.33 bits per heavy atom. The molecule has 1 fully saturated rings. The number of nitrogens with one attached hydrogen (secondary N) is 1. The summed E-state index contributed by atoms with van der Waals surface area (Å²) in [5, 5.41) is 2.88. The van der Waals surface area contributed by atoms with E-state index in [2.05, 4.69) is 49.8 Å². The summed E-state index contributed by atoms with van der Waals surface area (Å²) in [6.07, 6.45) is -2.86. The largest absolute Gasteiger partial charge is 0.492 e. The predicted octanol–water partition coefficient (Wildman–Crippen LogP) is 6.81. The number of carbonyl (C=O) groups excluding carboxylic acids is 1. The first-order valence-corrected chi connectivity index (χ1v) is 13.4. The first-order valence-electron chi connectivity index (χ1n) is 13.4. The van der Waals surface area contributed by atoms with Gasteiger partial charge in [-0.15, -0.1) is 0 Å². The highest BCUT2D eigenvalue weighted by molar-refractivity contribution is 6.04. The number of halogens is 3. The van der Waals surface area contributed by atoms with Gasteiger partial charge in [0.1, 0.15) is 12.4 Å². The average molecular weight is 556 g/mol. The number of amides is 1. The zero-order valence-corrected chi connectivity index (χ0v) is 23.5. The van der Waals surface area contributed by atoms with Crippen LogP contribution in [-0.4, -0.2) is 54.2 Å². The summed E-state index contributed by atoms with van der Waals surface area (Å²) in [6.45, 7) is 13.4. The molecule has 0 aliphatic carbocycles. The Morgan fingerprint density at radius 2 is 1.70 bits per heavy atom. The molecule has 2 heterocycles. The summed E-state index contributed by atoms with van der Waals surface area (Å²) in [4.78, 5) is 19.2. The number of anilines is 1. The first kappa shape index (κ1) is 29.6. The van der Waals surface area contributed by atoms with Gasteiger partial charge in [0.15, 0.2) is 0 Å². The minimum absolute atomic E-state index is 0.170. The molecule has 1 saturated heterocycles. The number of alkyl halides is 3. The van der Waals surface area contributed by atoms with E-state index in [4.69, 9.17) is 9.47 Å². The fourth-order valence-electron chi connectivity index (χ4n) is 4.94. The maximum absolute atomic E-state index is 13.4. The van der Waals surface area contributed by atoms with Gasteiger partial charge in [-0.2, -0.15) is 13.2 Å². The summed E-state index contributed by atoms with van der Waals surface area (Å²) in [6, 6.07) is 13.8. The van der Waals surface area contributed by atoms with E-state index >= 15 is 0 Å². The van der Waals surface area contributed by atoms with E-state index in [1.165, 1.54) is 36.5 Å². The molecule has 9 heteroatoms. The van der Waals surface area contributed by atoms with Crippen LogP contribution >= 0.6 is 0 Å². The lowest BCUT2D eigenvalue weighted by Crippen LogP contribution is -2.46. The fraction of sp³-hybridized carbons (Fsp3) is 0.419. The molecule has 1 aromatic heterocycles. The summed E-state index contributed by atoms with van der Waals surface area (Å²) >= 11 is 0. The van der Waals surface area contributed by atoms with Gasteiger partial charge >= 0.3 is 6.18 Å². The van der Waals surface area contributed by atoms with E-state index < -0.39 is 11.7 Å². The van der Waals surface area contributed by atoms with Crippen LogP contribution < -0.4 is 10.1 Å². The quantitative estimate of drug-likeness (QED) is 0.347. The van der Waals surface area contributed by atoms with Gasteiger partial charge in [0.05, 0.1) is 23.5 Å². The third-order valence-electron chi connectivity index (χ3n) is 6.74.